The normalized spacial score (nSPS) is 12.1. The molecule has 0 atom stereocenters. The van der Waals surface area contributed by atoms with Crippen molar-refractivity contribution < 1.29 is 28.0 Å². The summed E-state index contributed by atoms with van der Waals surface area (Å²) < 4.78 is 20.1. The summed E-state index contributed by atoms with van der Waals surface area (Å²) in [5.41, 5.74) is 0.795. The van der Waals surface area contributed by atoms with Crippen molar-refractivity contribution in [1.29, 1.82) is 0 Å². The van der Waals surface area contributed by atoms with E-state index in [4.69, 9.17) is 29.9 Å². The van der Waals surface area contributed by atoms with Crippen molar-refractivity contribution in [2.45, 2.75) is 27.4 Å². The molecule has 1 aromatic carbocycles. The van der Waals surface area contributed by atoms with E-state index >= 15 is 0 Å². The molecular weight excluding hydrogens is 343 g/mol. The van der Waals surface area contributed by atoms with Crippen molar-refractivity contribution in [1.82, 2.24) is 0 Å². The molecule has 0 aliphatic carbocycles. The Morgan fingerprint density at radius 1 is 1.22 bits per heavy atom. The smallest absolute Gasteiger partial charge is 0.428 e. The SMILES string of the molecule is CCO[P+]([O-])(OCC)O/C(C)=C\C(=O)OCc1ccc(Cl)cc1. The second-order valence-electron chi connectivity index (χ2n) is 4.36. The number of carbonyl (C=O) groups is 1. The van der Waals surface area contributed by atoms with Crippen LogP contribution in [0.3, 0.4) is 0 Å². The lowest BCUT2D eigenvalue weighted by atomic mass is 10.2. The molecule has 0 radical (unpaired) electrons. The maximum Gasteiger partial charge on any atom is 0.428 e. The minimum Gasteiger partial charge on any atom is -0.598 e. The van der Waals surface area contributed by atoms with Crippen LogP contribution >= 0.6 is 19.8 Å². The highest BCUT2D eigenvalue weighted by molar-refractivity contribution is 7.54. The summed E-state index contributed by atoms with van der Waals surface area (Å²) in [5, 5.41) is 0.604. The molecule has 8 heteroatoms. The summed E-state index contributed by atoms with van der Waals surface area (Å²) in [4.78, 5) is 23.9. The van der Waals surface area contributed by atoms with E-state index < -0.39 is 14.1 Å². The van der Waals surface area contributed by atoms with Gasteiger partial charge in [-0.25, -0.2) is 4.79 Å². The molecule has 0 heterocycles. The zero-order valence-electron chi connectivity index (χ0n) is 13.3. The minimum absolute atomic E-state index is 0.0799. The number of ether oxygens (including phenoxy) is 1. The molecule has 0 aliphatic heterocycles. The predicted octanol–water partition coefficient (Wildman–Crippen LogP) is 3.41. The van der Waals surface area contributed by atoms with Gasteiger partial charge in [0.2, 0.25) is 0 Å². The Morgan fingerprint density at radius 2 is 1.78 bits per heavy atom. The van der Waals surface area contributed by atoms with Crippen LogP contribution < -0.4 is 4.89 Å². The zero-order valence-corrected chi connectivity index (χ0v) is 14.9. The number of benzene rings is 1. The van der Waals surface area contributed by atoms with Crippen LogP contribution in [0.15, 0.2) is 36.1 Å². The van der Waals surface area contributed by atoms with E-state index in [1.165, 1.54) is 6.92 Å². The van der Waals surface area contributed by atoms with E-state index in [1.54, 1.807) is 38.1 Å². The van der Waals surface area contributed by atoms with Crippen molar-refractivity contribution in [2.24, 2.45) is 0 Å². The van der Waals surface area contributed by atoms with Crippen LogP contribution in [0.2, 0.25) is 5.02 Å². The lowest BCUT2D eigenvalue weighted by Crippen LogP contribution is -2.18. The Hall–Kier alpha value is -1.17. The van der Waals surface area contributed by atoms with Gasteiger partial charge in [0, 0.05) is 5.02 Å². The molecule has 0 spiro atoms. The number of carbonyl (C=O) groups excluding carboxylic acids is 1. The third-order valence-electron chi connectivity index (χ3n) is 2.45. The van der Waals surface area contributed by atoms with Crippen LogP contribution in [-0.4, -0.2) is 19.2 Å². The van der Waals surface area contributed by atoms with Crippen molar-refractivity contribution >= 4 is 25.7 Å². The average Bonchev–Trinajstić information content (AvgIpc) is 2.46. The summed E-state index contributed by atoms with van der Waals surface area (Å²) >= 11 is 5.77. The number of allylic oxidation sites excluding steroid dienone is 1. The molecule has 1 rings (SSSR count). The van der Waals surface area contributed by atoms with Gasteiger partial charge in [0.15, 0.2) is 5.76 Å². The molecule has 6 nitrogen and oxygen atoms in total. The standard InChI is InChI=1S/C15H20ClO6P/c1-4-20-23(18,21-5-2)22-12(3)10-15(17)19-11-13-6-8-14(16)9-7-13/h6-10H,4-5,11H2,1-3H3/b12-10-. The van der Waals surface area contributed by atoms with Crippen molar-refractivity contribution in [3.63, 3.8) is 0 Å². The van der Waals surface area contributed by atoms with E-state index in [0.29, 0.717) is 5.02 Å². The summed E-state index contributed by atoms with van der Waals surface area (Å²) in [5.74, 6) is -0.548. The highest BCUT2D eigenvalue weighted by Gasteiger charge is 2.33. The molecule has 0 fully saturated rings. The maximum absolute atomic E-state index is 12.1. The number of hydrogen-bond donors (Lipinski definition) is 0. The van der Waals surface area contributed by atoms with Gasteiger partial charge < -0.3 is 9.63 Å². The topological polar surface area (TPSA) is 77.0 Å². The third-order valence-corrected chi connectivity index (χ3v) is 4.36. The van der Waals surface area contributed by atoms with E-state index in [2.05, 4.69) is 0 Å². The molecule has 0 amide bonds. The van der Waals surface area contributed by atoms with Crippen LogP contribution in [0.5, 0.6) is 0 Å². The maximum atomic E-state index is 12.1. The fraction of sp³-hybridized carbons (Fsp3) is 0.400. The van der Waals surface area contributed by atoms with Crippen LogP contribution in [0.1, 0.15) is 26.3 Å². The largest absolute Gasteiger partial charge is 0.598 e. The highest BCUT2D eigenvalue weighted by atomic mass is 35.5. The molecule has 0 aliphatic rings. The third kappa shape index (κ3) is 7.77. The summed E-state index contributed by atoms with van der Waals surface area (Å²) in [6.07, 6.45) is 1.08. The second-order valence-corrected chi connectivity index (χ2v) is 6.39. The first-order valence-electron chi connectivity index (χ1n) is 7.06. The van der Waals surface area contributed by atoms with Crippen LogP contribution in [0.4, 0.5) is 0 Å². The van der Waals surface area contributed by atoms with Gasteiger partial charge in [0.1, 0.15) is 6.61 Å². The quantitative estimate of drug-likeness (QED) is 0.290. The van der Waals surface area contributed by atoms with Crippen molar-refractivity contribution in [2.75, 3.05) is 13.2 Å². The van der Waals surface area contributed by atoms with Gasteiger partial charge >= 0.3 is 14.1 Å². The minimum atomic E-state index is -3.70. The Bertz CT molecular complexity index is 525. The van der Waals surface area contributed by atoms with Crippen molar-refractivity contribution in [3.8, 4) is 0 Å². The van der Waals surface area contributed by atoms with Crippen LogP contribution in [0, 0.1) is 0 Å². The fourth-order valence-corrected chi connectivity index (χ4v) is 2.90. The molecule has 0 N–H and O–H groups in total. The molecule has 128 valence electrons. The van der Waals surface area contributed by atoms with Gasteiger partial charge in [-0.05, 0) is 38.5 Å². The first kappa shape index (κ1) is 19.9. The molecular formula is C15H20ClO6P. The highest BCUT2D eigenvalue weighted by Crippen LogP contribution is 2.55. The Morgan fingerprint density at radius 3 is 2.30 bits per heavy atom. The number of phosphoric acid groups is 1. The lowest BCUT2D eigenvalue weighted by Gasteiger charge is -2.24. The zero-order chi connectivity index (χ0) is 17.3. The molecule has 0 bridgehead atoms. The Balaban J connectivity index is 2.55. The van der Waals surface area contributed by atoms with Gasteiger partial charge in [-0.3, -0.25) is 4.52 Å². The molecule has 23 heavy (non-hydrogen) atoms. The van der Waals surface area contributed by atoms with Crippen LogP contribution in [0.25, 0.3) is 0 Å². The molecule has 0 aromatic heterocycles. The summed E-state index contributed by atoms with van der Waals surface area (Å²) in [6.45, 7) is 5.20. The van der Waals surface area contributed by atoms with Gasteiger partial charge in [-0.1, -0.05) is 23.7 Å². The molecule has 0 unspecified atom stereocenters. The second kappa shape index (κ2) is 9.85. The number of esters is 1. The van der Waals surface area contributed by atoms with Gasteiger partial charge in [-0.15, -0.1) is 0 Å². The van der Waals surface area contributed by atoms with Crippen LogP contribution in [-0.2, 0) is 29.7 Å². The van der Waals surface area contributed by atoms with E-state index in [0.717, 1.165) is 11.6 Å². The Labute approximate surface area is 141 Å². The van der Waals surface area contributed by atoms with E-state index in [1.807, 2.05) is 0 Å². The number of hydrogen-bond acceptors (Lipinski definition) is 6. The number of halogens is 1. The fourth-order valence-electron chi connectivity index (χ4n) is 1.55. The first-order chi connectivity index (χ1) is 10.9. The first-order valence-corrected chi connectivity index (χ1v) is 8.90. The molecule has 0 saturated heterocycles. The monoisotopic (exact) mass is 362 g/mol. The van der Waals surface area contributed by atoms with Crippen molar-refractivity contribution in [3.05, 3.63) is 46.7 Å². The number of phosphoric ester groups is 1. The van der Waals surface area contributed by atoms with Gasteiger partial charge in [-0.2, -0.15) is 9.05 Å². The Kier molecular flexibility index (Phi) is 8.52. The van der Waals surface area contributed by atoms with Gasteiger partial charge in [0.25, 0.3) is 0 Å². The molecule has 0 saturated carbocycles. The summed E-state index contributed by atoms with van der Waals surface area (Å²) in [7, 11) is -3.70. The van der Waals surface area contributed by atoms with Gasteiger partial charge in [0.05, 0.1) is 19.3 Å². The molecule has 1 aromatic rings. The predicted molar refractivity (Wildman–Crippen MR) is 86.3 cm³/mol. The summed E-state index contributed by atoms with van der Waals surface area (Å²) in [6, 6.07) is 6.91. The van der Waals surface area contributed by atoms with E-state index in [9.17, 15) is 9.69 Å². The van der Waals surface area contributed by atoms with E-state index in [-0.39, 0.29) is 25.6 Å². The lowest BCUT2D eigenvalue weighted by molar-refractivity contribution is -0.244. The average molecular weight is 363 g/mol. The number of rotatable bonds is 9.